The number of amides is 1. The quantitative estimate of drug-likeness (QED) is 0.257. The van der Waals surface area contributed by atoms with Crippen LogP contribution in [0.25, 0.3) is 16.0 Å². The maximum atomic E-state index is 13.2. The van der Waals surface area contributed by atoms with Crippen molar-refractivity contribution < 1.29 is 23.8 Å². The van der Waals surface area contributed by atoms with Crippen LogP contribution in [0.15, 0.2) is 64.6 Å². The first-order valence-electron chi connectivity index (χ1n) is 10.3. The summed E-state index contributed by atoms with van der Waals surface area (Å²) in [5.41, 5.74) is 2.10. The highest BCUT2D eigenvalue weighted by atomic mass is 32.1. The molecule has 1 atom stereocenters. The number of methoxy groups -OCH3 is 1. The van der Waals surface area contributed by atoms with E-state index in [0.29, 0.717) is 28.0 Å². The van der Waals surface area contributed by atoms with Gasteiger partial charge in [0.1, 0.15) is 29.1 Å². The second kappa shape index (κ2) is 7.90. The van der Waals surface area contributed by atoms with Gasteiger partial charge >= 0.3 is 5.91 Å². The smallest absolute Gasteiger partial charge is 0.302 e. The van der Waals surface area contributed by atoms with E-state index in [4.69, 9.17) is 9.15 Å². The fourth-order valence-electron chi connectivity index (χ4n) is 3.95. The number of ether oxygens (including phenoxy) is 1. The predicted octanol–water partition coefficient (Wildman–Crippen LogP) is 5.14. The highest BCUT2D eigenvalue weighted by Gasteiger charge is 2.49. The third-order valence-electron chi connectivity index (χ3n) is 5.56. The lowest BCUT2D eigenvalue weighted by atomic mass is 9.99. The highest BCUT2D eigenvalue weighted by molar-refractivity contribution is 7.22. The van der Waals surface area contributed by atoms with Gasteiger partial charge in [-0.1, -0.05) is 29.5 Å². The predicted molar refractivity (Wildman–Crippen MR) is 126 cm³/mol. The third kappa shape index (κ3) is 3.48. The van der Waals surface area contributed by atoms with Gasteiger partial charge in [0.15, 0.2) is 5.13 Å². The Morgan fingerprint density at radius 1 is 1.12 bits per heavy atom. The van der Waals surface area contributed by atoms with Crippen LogP contribution in [0, 0.1) is 13.8 Å². The SMILES string of the molecule is COc1cccc(/C(O)=C2\C(=O)C(=O)N(c3nc4ccc(C)cc4s3)[C@H]2c2ccc(C)o2)c1. The van der Waals surface area contributed by atoms with Gasteiger partial charge in [-0.05, 0) is 55.8 Å². The summed E-state index contributed by atoms with van der Waals surface area (Å²) in [6.45, 7) is 3.75. The third-order valence-corrected chi connectivity index (χ3v) is 6.57. The van der Waals surface area contributed by atoms with E-state index in [9.17, 15) is 14.7 Å². The van der Waals surface area contributed by atoms with Crippen LogP contribution in [0.2, 0.25) is 0 Å². The Morgan fingerprint density at radius 3 is 2.67 bits per heavy atom. The molecule has 1 aliphatic heterocycles. The number of ketones is 1. The van der Waals surface area contributed by atoms with Crippen LogP contribution in [0.4, 0.5) is 5.13 Å². The molecule has 2 aromatic heterocycles. The first kappa shape index (κ1) is 21.0. The van der Waals surface area contributed by atoms with Crippen molar-refractivity contribution in [2.24, 2.45) is 0 Å². The van der Waals surface area contributed by atoms with E-state index in [0.717, 1.165) is 15.8 Å². The zero-order chi connectivity index (χ0) is 23.3. The number of nitrogens with zero attached hydrogens (tertiary/aromatic N) is 2. The molecule has 1 amide bonds. The summed E-state index contributed by atoms with van der Waals surface area (Å²) in [6.07, 6.45) is 0. The Bertz CT molecular complexity index is 1450. The lowest BCUT2D eigenvalue weighted by molar-refractivity contribution is -0.132. The minimum atomic E-state index is -0.952. The molecule has 7 nitrogen and oxygen atoms in total. The van der Waals surface area contributed by atoms with E-state index >= 15 is 0 Å². The fraction of sp³-hybridized carbons (Fsp3) is 0.160. The number of aliphatic hydroxyl groups is 1. The van der Waals surface area contributed by atoms with Crippen LogP contribution in [0.3, 0.4) is 0 Å². The van der Waals surface area contributed by atoms with Gasteiger partial charge in [0.05, 0.1) is 22.9 Å². The van der Waals surface area contributed by atoms with Gasteiger partial charge in [-0.3, -0.25) is 14.5 Å². The molecule has 0 aliphatic carbocycles. The number of hydrogen-bond acceptors (Lipinski definition) is 7. The van der Waals surface area contributed by atoms with Crippen molar-refractivity contribution in [3.63, 3.8) is 0 Å². The molecule has 0 spiro atoms. The van der Waals surface area contributed by atoms with Crippen molar-refractivity contribution in [3.05, 3.63) is 82.8 Å². The Hall–Kier alpha value is -3.91. The number of Topliss-reactive ketones (excluding diaryl/α,β-unsaturated/α-hetero) is 1. The lowest BCUT2D eigenvalue weighted by Crippen LogP contribution is -2.29. The van der Waals surface area contributed by atoms with Gasteiger partial charge in [-0.15, -0.1) is 0 Å². The van der Waals surface area contributed by atoms with Crippen LogP contribution in [0.1, 0.15) is 28.7 Å². The molecule has 0 saturated carbocycles. The molecule has 1 saturated heterocycles. The molecule has 166 valence electrons. The molecule has 1 fully saturated rings. The summed E-state index contributed by atoms with van der Waals surface area (Å²) in [4.78, 5) is 32.4. The van der Waals surface area contributed by atoms with Crippen LogP contribution in [0.5, 0.6) is 5.75 Å². The zero-order valence-electron chi connectivity index (χ0n) is 18.2. The number of benzene rings is 2. The van der Waals surface area contributed by atoms with E-state index in [-0.39, 0.29) is 11.3 Å². The van der Waals surface area contributed by atoms with Crippen molar-refractivity contribution in [1.29, 1.82) is 0 Å². The summed E-state index contributed by atoms with van der Waals surface area (Å²) >= 11 is 1.31. The summed E-state index contributed by atoms with van der Waals surface area (Å²) in [6, 6.07) is 15.0. The Kier molecular flexibility index (Phi) is 5.02. The fourth-order valence-corrected chi connectivity index (χ4v) is 5.04. The van der Waals surface area contributed by atoms with E-state index in [1.807, 2.05) is 25.1 Å². The summed E-state index contributed by atoms with van der Waals surface area (Å²) in [7, 11) is 1.51. The minimum absolute atomic E-state index is 0.0574. The topological polar surface area (TPSA) is 92.9 Å². The zero-order valence-corrected chi connectivity index (χ0v) is 19.0. The molecule has 0 radical (unpaired) electrons. The van der Waals surface area contributed by atoms with Gasteiger partial charge in [0.25, 0.3) is 5.78 Å². The maximum Gasteiger partial charge on any atom is 0.302 e. The number of carbonyl (C=O) groups excluding carboxylic acids is 2. The average molecular weight is 461 g/mol. The van der Waals surface area contributed by atoms with Crippen molar-refractivity contribution in [3.8, 4) is 5.75 Å². The van der Waals surface area contributed by atoms with Gasteiger partial charge in [-0.25, -0.2) is 4.98 Å². The molecule has 0 bridgehead atoms. The molecule has 1 N–H and O–H groups in total. The first-order valence-corrected chi connectivity index (χ1v) is 11.1. The molecular weight excluding hydrogens is 440 g/mol. The van der Waals surface area contributed by atoms with Crippen molar-refractivity contribution in [2.45, 2.75) is 19.9 Å². The standard InChI is InChI=1S/C25H20N2O5S/c1-13-7-9-17-19(11-13)33-25(26-17)27-21(18-10-8-14(2)32-18)20(23(29)24(27)30)22(28)15-5-4-6-16(12-15)31-3/h4-12,21,28H,1-3H3/b22-20+/t21-/m0/s1. The molecule has 3 heterocycles. The average Bonchev–Trinajstić information content (AvgIpc) is 3.49. The molecule has 5 rings (SSSR count). The number of thiazole rings is 1. The number of aryl methyl sites for hydroxylation is 2. The molecular formula is C25H20N2O5S. The lowest BCUT2D eigenvalue weighted by Gasteiger charge is -2.20. The van der Waals surface area contributed by atoms with E-state index in [2.05, 4.69) is 4.98 Å². The normalized spacial score (nSPS) is 17.8. The van der Waals surface area contributed by atoms with Crippen LogP contribution in [-0.2, 0) is 9.59 Å². The number of aromatic nitrogens is 1. The molecule has 4 aromatic rings. The number of fused-ring (bicyclic) bond motifs is 1. The van der Waals surface area contributed by atoms with Crippen LogP contribution < -0.4 is 9.64 Å². The minimum Gasteiger partial charge on any atom is -0.507 e. The molecule has 2 aromatic carbocycles. The number of aliphatic hydroxyl groups excluding tert-OH is 1. The summed E-state index contributed by atoms with van der Waals surface area (Å²) in [5, 5.41) is 11.5. The van der Waals surface area contributed by atoms with Crippen molar-refractivity contribution in [1.82, 2.24) is 4.98 Å². The number of hydrogen-bond donors (Lipinski definition) is 1. The van der Waals surface area contributed by atoms with Crippen LogP contribution >= 0.6 is 11.3 Å². The van der Waals surface area contributed by atoms with Gasteiger partial charge < -0.3 is 14.3 Å². The Morgan fingerprint density at radius 2 is 1.94 bits per heavy atom. The maximum absolute atomic E-state index is 13.2. The van der Waals surface area contributed by atoms with Crippen molar-refractivity contribution >= 4 is 44.1 Å². The first-order chi connectivity index (χ1) is 15.9. The molecule has 0 unspecified atom stereocenters. The van der Waals surface area contributed by atoms with Gasteiger partial charge in [0, 0.05) is 5.56 Å². The van der Waals surface area contributed by atoms with Crippen molar-refractivity contribution in [2.75, 3.05) is 12.0 Å². The molecule has 8 heteroatoms. The second-order valence-electron chi connectivity index (χ2n) is 7.82. The van der Waals surface area contributed by atoms with Crippen LogP contribution in [-0.4, -0.2) is 28.9 Å². The Labute approximate surface area is 193 Å². The van der Waals surface area contributed by atoms with E-state index in [1.165, 1.54) is 23.3 Å². The number of rotatable bonds is 4. The largest absolute Gasteiger partial charge is 0.507 e. The van der Waals surface area contributed by atoms with E-state index < -0.39 is 17.7 Å². The highest BCUT2D eigenvalue weighted by Crippen LogP contribution is 2.44. The van der Waals surface area contributed by atoms with E-state index in [1.54, 1.807) is 43.3 Å². The molecule has 1 aliphatic rings. The van der Waals surface area contributed by atoms with Gasteiger partial charge in [-0.2, -0.15) is 0 Å². The number of furan rings is 1. The summed E-state index contributed by atoms with van der Waals surface area (Å²) in [5.74, 6) is -0.367. The monoisotopic (exact) mass is 460 g/mol. The second-order valence-corrected chi connectivity index (χ2v) is 8.83. The Balaban J connectivity index is 1.72. The number of carbonyl (C=O) groups is 2. The number of anilines is 1. The molecule has 33 heavy (non-hydrogen) atoms. The summed E-state index contributed by atoms with van der Waals surface area (Å²) < 4.78 is 12.0. The van der Waals surface area contributed by atoms with Gasteiger partial charge in [0.2, 0.25) is 0 Å².